The van der Waals surface area contributed by atoms with Crippen LogP contribution >= 0.6 is 0 Å². The van der Waals surface area contributed by atoms with Gasteiger partial charge in [0.1, 0.15) is 11.6 Å². The summed E-state index contributed by atoms with van der Waals surface area (Å²) in [5, 5.41) is 9.26. The standard InChI is InChI=1S/C23H34O4/c1-13(10-21(26)27)16-4-5-17-15-12-20(25)19-11-14(24)6-8-23(19,3)18(15)7-9-22(16,17)2/h13,15-19H,4-12H2,1-3H3,(H,26,27)/t13-,15+,16-,17+,18+,19+,22-,23-/m1/s1. The molecule has 0 spiro atoms. The van der Waals surface area contributed by atoms with Crippen LogP contribution in [0.3, 0.4) is 0 Å². The molecule has 0 aromatic heterocycles. The highest BCUT2D eigenvalue weighted by Crippen LogP contribution is 2.67. The molecule has 0 aliphatic heterocycles. The van der Waals surface area contributed by atoms with E-state index in [4.69, 9.17) is 0 Å². The monoisotopic (exact) mass is 374 g/mol. The highest BCUT2D eigenvalue weighted by molar-refractivity contribution is 5.90. The fourth-order valence-corrected chi connectivity index (χ4v) is 8.23. The van der Waals surface area contributed by atoms with Gasteiger partial charge in [-0.2, -0.15) is 0 Å². The van der Waals surface area contributed by atoms with E-state index >= 15 is 0 Å². The number of carbonyl (C=O) groups is 3. The van der Waals surface area contributed by atoms with Crippen molar-refractivity contribution < 1.29 is 19.5 Å². The first-order valence-corrected chi connectivity index (χ1v) is 10.9. The van der Waals surface area contributed by atoms with Crippen molar-refractivity contribution in [3.63, 3.8) is 0 Å². The molecule has 0 aromatic rings. The summed E-state index contributed by atoms with van der Waals surface area (Å²) in [5.74, 6) is 2.04. The number of carbonyl (C=O) groups excluding carboxylic acids is 2. The highest BCUT2D eigenvalue weighted by atomic mass is 16.4. The van der Waals surface area contributed by atoms with Gasteiger partial charge in [-0.05, 0) is 72.5 Å². The number of Topliss-reactive ketones (excluding diaryl/α,β-unsaturated/α-hetero) is 2. The summed E-state index contributed by atoms with van der Waals surface area (Å²) in [4.78, 5) is 36.3. The minimum atomic E-state index is -0.696. The number of hydrogen-bond donors (Lipinski definition) is 1. The molecule has 4 rings (SSSR count). The van der Waals surface area contributed by atoms with E-state index in [-0.39, 0.29) is 34.9 Å². The predicted molar refractivity (Wildman–Crippen MR) is 102 cm³/mol. The minimum absolute atomic E-state index is 0.00000714. The maximum absolute atomic E-state index is 13.1. The van der Waals surface area contributed by atoms with Gasteiger partial charge in [0.15, 0.2) is 0 Å². The van der Waals surface area contributed by atoms with E-state index < -0.39 is 5.97 Å². The second-order valence-electron chi connectivity index (χ2n) is 10.7. The normalized spacial score (nSPS) is 47.7. The zero-order chi connectivity index (χ0) is 19.6. The average molecular weight is 375 g/mol. The third-order valence-electron chi connectivity index (χ3n) is 9.54. The Morgan fingerprint density at radius 2 is 1.78 bits per heavy atom. The van der Waals surface area contributed by atoms with E-state index in [1.807, 2.05) is 0 Å². The van der Waals surface area contributed by atoms with Crippen LogP contribution in [-0.4, -0.2) is 22.6 Å². The minimum Gasteiger partial charge on any atom is -0.481 e. The average Bonchev–Trinajstić information content (AvgIpc) is 2.93. The Morgan fingerprint density at radius 3 is 2.48 bits per heavy atom. The number of rotatable bonds is 3. The summed E-state index contributed by atoms with van der Waals surface area (Å²) in [6.45, 7) is 6.78. The zero-order valence-corrected chi connectivity index (χ0v) is 17.0. The van der Waals surface area contributed by atoms with Gasteiger partial charge in [-0.25, -0.2) is 0 Å². The number of aliphatic carboxylic acids is 1. The lowest BCUT2D eigenvalue weighted by Gasteiger charge is -2.59. The molecule has 4 aliphatic carbocycles. The maximum atomic E-state index is 13.1. The Kier molecular flexibility index (Phi) is 4.55. The number of carboxylic acids is 1. The second-order valence-corrected chi connectivity index (χ2v) is 10.7. The van der Waals surface area contributed by atoms with E-state index in [1.165, 1.54) is 0 Å². The molecule has 4 saturated carbocycles. The topological polar surface area (TPSA) is 71.4 Å². The Hall–Kier alpha value is -1.19. The number of ketones is 2. The summed E-state index contributed by atoms with van der Waals surface area (Å²) in [7, 11) is 0. The van der Waals surface area contributed by atoms with Crippen LogP contribution in [-0.2, 0) is 14.4 Å². The van der Waals surface area contributed by atoms with Crippen LogP contribution in [0.5, 0.6) is 0 Å². The number of carboxylic acid groups (broad SMARTS) is 1. The number of hydrogen-bond acceptors (Lipinski definition) is 3. The summed E-state index contributed by atoms with van der Waals surface area (Å²) >= 11 is 0. The van der Waals surface area contributed by atoms with Crippen molar-refractivity contribution in [2.45, 2.75) is 78.6 Å². The molecule has 4 nitrogen and oxygen atoms in total. The third kappa shape index (κ3) is 2.81. The van der Waals surface area contributed by atoms with Crippen LogP contribution < -0.4 is 0 Å². The van der Waals surface area contributed by atoms with E-state index in [0.717, 1.165) is 32.1 Å². The molecule has 0 saturated heterocycles. The lowest BCUT2D eigenvalue weighted by atomic mass is 9.44. The molecule has 8 atom stereocenters. The maximum Gasteiger partial charge on any atom is 0.303 e. The molecule has 0 bridgehead atoms. The molecule has 4 heteroatoms. The van der Waals surface area contributed by atoms with Crippen molar-refractivity contribution in [2.24, 2.45) is 46.3 Å². The van der Waals surface area contributed by atoms with E-state index in [2.05, 4.69) is 20.8 Å². The predicted octanol–water partition coefficient (Wildman–Crippen LogP) is 4.50. The Balaban J connectivity index is 1.61. The Morgan fingerprint density at radius 1 is 1.07 bits per heavy atom. The van der Waals surface area contributed by atoms with Crippen molar-refractivity contribution in [1.82, 2.24) is 0 Å². The first kappa shape index (κ1) is 19.1. The van der Waals surface area contributed by atoms with Gasteiger partial charge in [0.05, 0.1) is 0 Å². The second kappa shape index (κ2) is 6.42. The summed E-state index contributed by atoms with van der Waals surface area (Å²) in [6.07, 6.45) is 7.43. The summed E-state index contributed by atoms with van der Waals surface area (Å²) in [6, 6.07) is 0. The number of fused-ring (bicyclic) bond motifs is 5. The van der Waals surface area contributed by atoms with E-state index in [9.17, 15) is 19.5 Å². The fourth-order valence-electron chi connectivity index (χ4n) is 8.23. The molecule has 1 N–H and O–H groups in total. The van der Waals surface area contributed by atoms with E-state index in [0.29, 0.717) is 48.7 Å². The summed E-state index contributed by atoms with van der Waals surface area (Å²) in [5.41, 5.74) is 0.171. The Labute approximate surface area is 162 Å². The summed E-state index contributed by atoms with van der Waals surface area (Å²) < 4.78 is 0. The zero-order valence-electron chi connectivity index (χ0n) is 17.0. The molecule has 0 heterocycles. The molecule has 0 unspecified atom stereocenters. The highest BCUT2D eigenvalue weighted by Gasteiger charge is 2.62. The first-order chi connectivity index (χ1) is 12.7. The van der Waals surface area contributed by atoms with Crippen LogP contribution in [0.15, 0.2) is 0 Å². The van der Waals surface area contributed by atoms with Gasteiger partial charge in [0.25, 0.3) is 0 Å². The van der Waals surface area contributed by atoms with Gasteiger partial charge in [0, 0.05) is 31.6 Å². The van der Waals surface area contributed by atoms with Crippen LogP contribution in [0.4, 0.5) is 0 Å². The van der Waals surface area contributed by atoms with Gasteiger partial charge in [0.2, 0.25) is 0 Å². The van der Waals surface area contributed by atoms with Gasteiger partial charge in [-0.3, -0.25) is 14.4 Å². The lowest BCUT2D eigenvalue weighted by molar-refractivity contribution is -0.159. The molecular formula is C23H34O4. The van der Waals surface area contributed by atoms with Gasteiger partial charge >= 0.3 is 5.97 Å². The largest absolute Gasteiger partial charge is 0.481 e. The van der Waals surface area contributed by atoms with Crippen molar-refractivity contribution in [1.29, 1.82) is 0 Å². The molecule has 150 valence electrons. The smallest absolute Gasteiger partial charge is 0.303 e. The molecule has 0 amide bonds. The van der Waals surface area contributed by atoms with Gasteiger partial charge in [-0.1, -0.05) is 20.8 Å². The Bertz CT molecular complexity index is 669. The molecule has 4 aliphatic rings. The van der Waals surface area contributed by atoms with Crippen LogP contribution in [0, 0.1) is 46.3 Å². The molecule has 0 aromatic carbocycles. The molecule has 4 fully saturated rings. The van der Waals surface area contributed by atoms with Crippen LogP contribution in [0.2, 0.25) is 0 Å². The van der Waals surface area contributed by atoms with Crippen molar-refractivity contribution >= 4 is 17.5 Å². The molecule has 0 radical (unpaired) electrons. The van der Waals surface area contributed by atoms with E-state index in [1.54, 1.807) is 0 Å². The third-order valence-corrected chi connectivity index (χ3v) is 9.54. The van der Waals surface area contributed by atoms with Gasteiger partial charge < -0.3 is 5.11 Å². The van der Waals surface area contributed by atoms with Crippen molar-refractivity contribution in [2.75, 3.05) is 0 Å². The van der Waals surface area contributed by atoms with Crippen molar-refractivity contribution in [3.8, 4) is 0 Å². The quantitative estimate of drug-likeness (QED) is 0.789. The SMILES string of the molecule is C[C@H](CC(=O)O)[C@H]1CC[C@H]2[C@@H]3CC(=O)[C@@H]4CC(=O)CC[C@]4(C)[C@H]3CC[C@]12C. The first-order valence-electron chi connectivity index (χ1n) is 10.9. The molecular weight excluding hydrogens is 340 g/mol. The lowest BCUT2D eigenvalue weighted by Crippen LogP contribution is -2.56. The van der Waals surface area contributed by atoms with Gasteiger partial charge in [-0.15, -0.1) is 0 Å². The van der Waals surface area contributed by atoms with Crippen LogP contribution in [0.1, 0.15) is 78.6 Å². The molecule has 27 heavy (non-hydrogen) atoms. The van der Waals surface area contributed by atoms with Crippen LogP contribution in [0.25, 0.3) is 0 Å². The van der Waals surface area contributed by atoms with Crippen molar-refractivity contribution in [3.05, 3.63) is 0 Å². The fraction of sp³-hybridized carbons (Fsp3) is 0.870.